The molecule has 0 saturated heterocycles. The van der Waals surface area contributed by atoms with Gasteiger partial charge < -0.3 is 4.57 Å². The van der Waals surface area contributed by atoms with Crippen molar-refractivity contribution in [3.8, 4) is 0 Å². The average molecular weight is 228 g/mol. The zero-order chi connectivity index (χ0) is 11.9. The van der Waals surface area contributed by atoms with E-state index in [1.54, 1.807) is 0 Å². The third-order valence-electron chi connectivity index (χ3n) is 3.44. The van der Waals surface area contributed by atoms with E-state index in [-0.39, 0.29) is 5.69 Å². The summed E-state index contributed by atoms with van der Waals surface area (Å²) in [6.45, 7) is 6.08. The van der Waals surface area contributed by atoms with Gasteiger partial charge in [-0.15, -0.1) is 0 Å². The van der Waals surface area contributed by atoms with Gasteiger partial charge in [-0.25, -0.2) is 4.98 Å². The molecule has 2 heterocycles. The Hall–Kier alpha value is -0.930. The topological polar surface area (TPSA) is 17.8 Å². The van der Waals surface area contributed by atoms with Crippen LogP contribution in [0.4, 0.5) is 8.78 Å². The predicted molar refractivity (Wildman–Crippen MR) is 58.4 cm³/mol. The van der Waals surface area contributed by atoms with Gasteiger partial charge in [-0.05, 0) is 18.3 Å². The van der Waals surface area contributed by atoms with Crippen LogP contribution in [0.5, 0.6) is 0 Å². The number of aryl methyl sites for hydroxylation is 1. The molecule has 1 aliphatic heterocycles. The van der Waals surface area contributed by atoms with Crippen LogP contribution in [0.15, 0.2) is 6.20 Å². The van der Waals surface area contributed by atoms with Gasteiger partial charge in [0.05, 0.1) is 0 Å². The molecule has 2 nitrogen and oxygen atoms in total. The van der Waals surface area contributed by atoms with Crippen LogP contribution in [0.25, 0.3) is 0 Å². The summed E-state index contributed by atoms with van der Waals surface area (Å²) in [5.41, 5.74) is -0.0908. The van der Waals surface area contributed by atoms with Crippen LogP contribution in [-0.2, 0) is 18.9 Å². The number of hydrogen-bond acceptors (Lipinski definition) is 1. The normalized spacial score (nSPS) is 21.2. The molecule has 16 heavy (non-hydrogen) atoms. The molecule has 0 fully saturated rings. The average Bonchev–Trinajstić information content (AvgIpc) is 2.58. The largest absolute Gasteiger partial charge is 0.334 e. The van der Waals surface area contributed by atoms with E-state index in [1.807, 2.05) is 4.57 Å². The molecule has 0 aliphatic carbocycles. The summed E-state index contributed by atoms with van der Waals surface area (Å²) in [7, 11) is 0. The van der Waals surface area contributed by atoms with Crippen LogP contribution >= 0.6 is 0 Å². The van der Waals surface area contributed by atoms with Crippen molar-refractivity contribution in [3.05, 3.63) is 17.7 Å². The maximum absolute atomic E-state index is 13.1. The molecule has 0 radical (unpaired) electrons. The molecular weight excluding hydrogens is 210 g/mol. The van der Waals surface area contributed by atoms with Gasteiger partial charge in [-0.2, -0.15) is 8.78 Å². The van der Waals surface area contributed by atoms with E-state index in [9.17, 15) is 8.78 Å². The van der Waals surface area contributed by atoms with E-state index in [0.717, 1.165) is 32.1 Å². The van der Waals surface area contributed by atoms with Crippen molar-refractivity contribution in [2.45, 2.75) is 46.1 Å². The standard InChI is InChI=1S/C12H18F2N2/c1-8(2)9-4-5-16-7-10(12(3,13)14)15-11(16)6-9/h7-9H,4-6H2,1-3H3. The Morgan fingerprint density at radius 3 is 2.75 bits per heavy atom. The molecule has 90 valence electrons. The molecule has 0 aromatic carbocycles. The Balaban J connectivity index is 2.23. The fourth-order valence-electron chi connectivity index (χ4n) is 2.23. The number of halogens is 2. The summed E-state index contributed by atoms with van der Waals surface area (Å²) in [4.78, 5) is 4.07. The number of aromatic nitrogens is 2. The molecule has 1 aliphatic rings. The van der Waals surface area contributed by atoms with Crippen LogP contribution < -0.4 is 0 Å². The minimum atomic E-state index is -2.82. The second-order valence-electron chi connectivity index (χ2n) is 5.12. The number of alkyl halides is 2. The van der Waals surface area contributed by atoms with Gasteiger partial charge in [0.1, 0.15) is 11.5 Å². The molecule has 0 saturated carbocycles. The van der Waals surface area contributed by atoms with Crippen molar-refractivity contribution >= 4 is 0 Å². The van der Waals surface area contributed by atoms with E-state index in [4.69, 9.17) is 0 Å². The first-order valence-electron chi connectivity index (χ1n) is 5.82. The number of rotatable bonds is 2. The zero-order valence-electron chi connectivity index (χ0n) is 10.0. The van der Waals surface area contributed by atoms with E-state index in [2.05, 4.69) is 18.8 Å². The second kappa shape index (κ2) is 3.82. The highest BCUT2D eigenvalue weighted by atomic mass is 19.3. The summed E-state index contributed by atoms with van der Waals surface area (Å²) in [5.74, 6) is -0.830. The SMILES string of the molecule is CC(C)C1CCn2cc(C(C)(F)F)nc2C1. The minimum Gasteiger partial charge on any atom is -0.334 e. The maximum Gasteiger partial charge on any atom is 0.288 e. The molecule has 1 atom stereocenters. The Labute approximate surface area is 94.7 Å². The minimum absolute atomic E-state index is 0.0908. The van der Waals surface area contributed by atoms with Crippen molar-refractivity contribution in [1.82, 2.24) is 9.55 Å². The third kappa shape index (κ3) is 2.11. The Kier molecular flexibility index (Phi) is 2.76. The van der Waals surface area contributed by atoms with Crippen LogP contribution in [0.1, 0.15) is 38.7 Å². The fraction of sp³-hybridized carbons (Fsp3) is 0.750. The van der Waals surface area contributed by atoms with Gasteiger partial charge in [0.15, 0.2) is 0 Å². The molecule has 0 bridgehead atoms. The molecule has 1 unspecified atom stereocenters. The third-order valence-corrected chi connectivity index (χ3v) is 3.44. The van der Waals surface area contributed by atoms with Crippen LogP contribution in [0.2, 0.25) is 0 Å². The van der Waals surface area contributed by atoms with Crippen molar-refractivity contribution in [2.24, 2.45) is 11.8 Å². The predicted octanol–water partition coefficient (Wildman–Crippen LogP) is 3.21. The fourth-order valence-corrected chi connectivity index (χ4v) is 2.23. The monoisotopic (exact) mass is 228 g/mol. The lowest BCUT2D eigenvalue weighted by Crippen LogP contribution is -2.22. The molecule has 0 spiro atoms. The molecule has 0 N–H and O–H groups in total. The number of nitrogens with zero attached hydrogens (tertiary/aromatic N) is 2. The van der Waals surface area contributed by atoms with Gasteiger partial charge in [-0.1, -0.05) is 13.8 Å². The first-order chi connectivity index (χ1) is 7.38. The summed E-state index contributed by atoms with van der Waals surface area (Å²) in [6.07, 6.45) is 3.40. The molecule has 4 heteroatoms. The van der Waals surface area contributed by atoms with E-state index < -0.39 is 5.92 Å². The zero-order valence-corrected chi connectivity index (χ0v) is 10.0. The lowest BCUT2D eigenvalue weighted by atomic mass is 9.87. The van der Waals surface area contributed by atoms with Gasteiger partial charge in [0.25, 0.3) is 5.92 Å². The first-order valence-corrected chi connectivity index (χ1v) is 5.82. The highest BCUT2D eigenvalue weighted by molar-refractivity contribution is 5.11. The van der Waals surface area contributed by atoms with Crippen molar-refractivity contribution < 1.29 is 8.78 Å². The van der Waals surface area contributed by atoms with Crippen molar-refractivity contribution in [2.75, 3.05) is 0 Å². The lowest BCUT2D eigenvalue weighted by molar-refractivity contribution is 0.0130. The van der Waals surface area contributed by atoms with E-state index in [0.29, 0.717) is 11.8 Å². The molecular formula is C12H18F2N2. The first kappa shape index (κ1) is 11.6. The molecule has 2 rings (SSSR count). The maximum atomic E-state index is 13.1. The Morgan fingerprint density at radius 1 is 1.50 bits per heavy atom. The van der Waals surface area contributed by atoms with Gasteiger partial charge in [0.2, 0.25) is 0 Å². The smallest absolute Gasteiger partial charge is 0.288 e. The Morgan fingerprint density at radius 2 is 2.19 bits per heavy atom. The lowest BCUT2D eigenvalue weighted by Gasteiger charge is -2.26. The number of hydrogen-bond donors (Lipinski definition) is 0. The van der Waals surface area contributed by atoms with Crippen LogP contribution in [0.3, 0.4) is 0 Å². The van der Waals surface area contributed by atoms with Gasteiger partial charge >= 0.3 is 0 Å². The number of fused-ring (bicyclic) bond motifs is 1. The summed E-state index contributed by atoms with van der Waals surface area (Å²) < 4.78 is 28.1. The Bertz CT molecular complexity index is 377. The van der Waals surface area contributed by atoms with E-state index >= 15 is 0 Å². The number of imidazole rings is 1. The highest BCUT2D eigenvalue weighted by Gasteiger charge is 2.31. The quantitative estimate of drug-likeness (QED) is 0.760. The highest BCUT2D eigenvalue weighted by Crippen LogP contribution is 2.30. The van der Waals surface area contributed by atoms with Crippen molar-refractivity contribution in [1.29, 1.82) is 0 Å². The van der Waals surface area contributed by atoms with Gasteiger partial charge in [-0.3, -0.25) is 0 Å². The van der Waals surface area contributed by atoms with Crippen LogP contribution in [0, 0.1) is 11.8 Å². The molecule has 0 amide bonds. The summed E-state index contributed by atoms with van der Waals surface area (Å²) in [5, 5.41) is 0. The summed E-state index contributed by atoms with van der Waals surface area (Å²) >= 11 is 0. The molecule has 1 aromatic heterocycles. The molecule has 1 aromatic rings. The summed E-state index contributed by atoms with van der Waals surface area (Å²) in [6, 6.07) is 0. The van der Waals surface area contributed by atoms with E-state index in [1.165, 1.54) is 6.20 Å². The van der Waals surface area contributed by atoms with Crippen molar-refractivity contribution in [3.63, 3.8) is 0 Å². The second-order valence-corrected chi connectivity index (χ2v) is 5.12. The van der Waals surface area contributed by atoms with Crippen LogP contribution in [-0.4, -0.2) is 9.55 Å². The van der Waals surface area contributed by atoms with Gasteiger partial charge in [0, 0.05) is 26.1 Å².